The average molecular weight is 263 g/mol. The molecule has 4 heteroatoms. The van der Waals surface area contributed by atoms with Crippen molar-refractivity contribution in [3.8, 4) is 5.75 Å². The van der Waals surface area contributed by atoms with Crippen molar-refractivity contribution in [2.45, 2.75) is 31.8 Å². The van der Waals surface area contributed by atoms with Gasteiger partial charge in [-0.1, -0.05) is 12.1 Å². The van der Waals surface area contributed by atoms with Gasteiger partial charge in [0.15, 0.2) is 0 Å². The number of carbonyl (C=O) groups is 1. The second kappa shape index (κ2) is 6.57. The molecule has 1 N–H and O–H groups in total. The Morgan fingerprint density at radius 3 is 3.11 bits per heavy atom. The van der Waals surface area contributed by atoms with Gasteiger partial charge in [0.25, 0.3) is 0 Å². The highest BCUT2D eigenvalue weighted by Gasteiger charge is 2.21. The summed E-state index contributed by atoms with van der Waals surface area (Å²) in [6.07, 6.45) is 2.54. The number of aliphatic hydroxyl groups excluding tert-OH is 1. The van der Waals surface area contributed by atoms with Crippen LogP contribution in [-0.2, 0) is 11.2 Å². The van der Waals surface area contributed by atoms with E-state index in [9.17, 15) is 9.90 Å². The Balaban J connectivity index is 1.85. The number of hydrogen-bond donors (Lipinski definition) is 1. The number of rotatable bonds is 4. The molecule has 0 radical (unpaired) electrons. The molecule has 1 amide bonds. The first-order chi connectivity index (χ1) is 9.19. The van der Waals surface area contributed by atoms with Crippen LogP contribution in [0, 0.1) is 0 Å². The second-order valence-electron chi connectivity index (χ2n) is 4.99. The Morgan fingerprint density at radius 2 is 2.37 bits per heavy atom. The van der Waals surface area contributed by atoms with Crippen molar-refractivity contribution in [3.05, 3.63) is 29.8 Å². The molecule has 0 spiro atoms. The van der Waals surface area contributed by atoms with Crippen LogP contribution in [0.2, 0.25) is 0 Å². The van der Waals surface area contributed by atoms with Crippen LogP contribution in [0.3, 0.4) is 0 Å². The molecule has 2 rings (SSSR count). The lowest BCUT2D eigenvalue weighted by molar-refractivity contribution is -0.134. The summed E-state index contributed by atoms with van der Waals surface area (Å²) in [6.45, 7) is 1.25. The molecule has 0 bridgehead atoms. The molecule has 1 aliphatic rings. The zero-order valence-corrected chi connectivity index (χ0v) is 11.3. The highest BCUT2D eigenvalue weighted by atomic mass is 16.5. The van der Waals surface area contributed by atoms with Crippen LogP contribution in [0.25, 0.3) is 0 Å². The molecule has 104 valence electrons. The number of β-amino-alcohol motifs (C(OH)–C–C–N with tert-alkyl or cyclic N) is 1. The van der Waals surface area contributed by atoms with E-state index in [1.54, 1.807) is 12.0 Å². The summed E-state index contributed by atoms with van der Waals surface area (Å²) >= 11 is 0. The van der Waals surface area contributed by atoms with E-state index >= 15 is 0 Å². The fourth-order valence-corrected chi connectivity index (χ4v) is 2.42. The van der Waals surface area contributed by atoms with Gasteiger partial charge in [-0.25, -0.2) is 0 Å². The maximum atomic E-state index is 12.1. The highest BCUT2D eigenvalue weighted by Crippen LogP contribution is 2.16. The third-order valence-electron chi connectivity index (χ3n) is 3.51. The van der Waals surface area contributed by atoms with E-state index in [0.717, 1.165) is 30.7 Å². The lowest BCUT2D eigenvalue weighted by atomic mass is 10.1. The largest absolute Gasteiger partial charge is 0.497 e. The molecule has 1 aromatic carbocycles. The van der Waals surface area contributed by atoms with E-state index < -0.39 is 0 Å². The maximum absolute atomic E-state index is 12.1. The summed E-state index contributed by atoms with van der Waals surface area (Å²) in [4.78, 5) is 13.8. The average Bonchev–Trinajstić information content (AvgIpc) is 2.45. The molecule has 4 nitrogen and oxygen atoms in total. The van der Waals surface area contributed by atoms with Crippen LogP contribution in [0.4, 0.5) is 0 Å². The normalized spacial score (nSPS) is 19.3. The number of carbonyl (C=O) groups excluding carboxylic acids is 1. The number of aryl methyl sites for hydroxylation is 1. The Hall–Kier alpha value is -1.55. The Kier molecular flexibility index (Phi) is 4.80. The molecular formula is C15H21NO3. The summed E-state index contributed by atoms with van der Waals surface area (Å²) in [5.74, 6) is 0.944. The van der Waals surface area contributed by atoms with Crippen molar-refractivity contribution in [2.24, 2.45) is 0 Å². The first kappa shape index (κ1) is 13.9. The second-order valence-corrected chi connectivity index (χ2v) is 4.99. The molecule has 0 aliphatic carbocycles. The maximum Gasteiger partial charge on any atom is 0.222 e. The molecule has 1 aromatic rings. The van der Waals surface area contributed by atoms with Gasteiger partial charge in [0.2, 0.25) is 5.91 Å². The number of piperidine rings is 1. The number of likely N-dealkylation sites (tertiary alicyclic amines) is 1. The van der Waals surface area contributed by atoms with Crippen molar-refractivity contribution >= 4 is 5.91 Å². The Labute approximate surface area is 114 Å². The van der Waals surface area contributed by atoms with E-state index in [4.69, 9.17) is 4.74 Å². The van der Waals surface area contributed by atoms with Crippen LogP contribution in [0.5, 0.6) is 5.75 Å². The molecule has 1 fully saturated rings. The molecule has 1 unspecified atom stereocenters. The summed E-state index contributed by atoms with van der Waals surface area (Å²) in [7, 11) is 1.64. The van der Waals surface area contributed by atoms with Gasteiger partial charge < -0.3 is 14.7 Å². The summed E-state index contributed by atoms with van der Waals surface area (Å²) < 4.78 is 5.16. The first-order valence-corrected chi connectivity index (χ1v) is 6.78. The zero-order chi connectivity index (χ0) is 13.7. The topological polar surface area (TPSA) is 49.8 Å². The molecule has 1 saturated heterocycles. The third kappa shape index (κ3) is 3.96. The van der Waals surface area contributed by atoms with E-state index in [1.807, 2.05) is 24.3 Å². The lowest BCUT2D eigenvalue weighted by Gasteiger charge is -2.30. The minimum absolute atomic E-state index is 0.126. The third-order valence-corrected chi connectivity index (χ3v) is 3.51. The standard InChI is InChI=1S/C15H21NO3/c1-19-14-6-2-4-12(10-14)7-8-15(18)16-9-3-5-13(17)11-16/h2,4,6,10,13,17H,3,5,7-9,11H2,1H3. The smallest absolute Gasteiger partial charge is 0.222 e. The van der Waals surface area contributed by atoms with Crippen LogP contribution in [0.1, 0.15) is 24.8 Å². The van der Waals surface area contributed by atoms with Gasteiger partial charge in [0, 0.05) is 19.5 Å². The molecule has 19 heavy (non-hydrogen) atoms. The minimum atomic E-state index is -0.352. The molecule has 0 aromatic heterocycles. The van der Waals surface area contributed by atoms with E-state index in [0.29, 0.717) is 19.4 Å². The van der Waals surface area contributed by atoms with E-state index in [2.05, 4.69) is 0 Å². The monoisotopic (exact) mass is 263 g/mol. The Bertz CT molecular complexity index is 433. The fraction of sp³-hybridized carbons (Fsp3) is 0.533. The number of amides is 1. The zero-order valence-electron chi connectivity index (χ0n) is 11.3. The van der Waals surface area contributed by atoms with Gasteiger partial charge >= 0.3 is 0 Å². The molecular weight excluding hydrogens is 242 g/mol. The number of methoxy groups -OCH3 is 1. The molecule has 1 heterocycles. The summed E-state index contributed by atoms with van der Waals surface area (Å²) in [6, 6.07) is 7.79. The van der Waals surface area contributed by atoms with Gasteiger partial charge in [-0.05, 0) is 37.0 Å². The van der Waals surface area contributed by atoms with Crippen molar-refractivity contribution in [2.75, 3.05) is 20.2 Å². The first-order valence-electron chi connectivity index (χ1n) is 6.78. The fourth-order valence-electron chi connectivity index (χ4n) is 2.42. The molecule has 1 aliphatic heterocycles. The van der Waals surface area contributed by atoms with Gasteiger partial charge in [0.1, 0.15) is 5.75 Å². The number of nitrogens with zero attached hydrogens (tertiary/aromatic N) is 1. The SMILES string of the molecule is COc1cccc(CCC(=O)N2CCCC(O)C2)c1. The van der Waals surface area contributed by atoms with Crippen LogP contribution < -0.4 is 4.74 Å². The quantitative estimate of drug-likeness (QED) is 0.898. The highest BCUT2D eigenvalue weighted by molar-refractivity contribution is 5.76. The van der Waals surface area contributed by atoms with E-state index in [-0.39, 0.29) is 12.0 Å². The summed E-state index contributed by atoms with van der Waals surface area (Å²) in [5.41, 5.74) is 1.10. The molecule has 0 saturated carbocycles. The predicted octanol–water partition coefficient (Wildman–Crippen LogP) is 1.61. The van der Waals surface area contributed by atoms with Gasteiger partial charge in [-0.3, -0.25) is 4.79 Å². The van der Waals surface area contributed by atoms with E-state index in [1.165, 1.54) is 0 Å². The van der Waals surface area contributed by atoms with Gasteiger partial charge in [0.05, 0.1) is 13.2 Å². The summed E-state index contributed by atoms with van der Waals surface area (Å²) in [5, 5.41) is 9.57. The van der Waals surface area contributed by atoms with Gasteiger partial charge in [-0.2, -0.15) is 0 Å². The van der Waals surface area contributed by atoms with Crippen molar-refractivity contribution < 1.29 is 14.6 Å². The van der Waals surface area contributed by atoms with Crippen LogP contribution in [0.15, 0.2) is 24.3 Å². The van der Waals surface area contributed by atoms with Crippen molar-refractivity contribution in [3.63, 3.8) is 0 Å². The minimum Gasteiger partial charge on any atom is -0.497 e. The number of aliphatic hydroxyl groups is 1. The van der Waals surface area contributed by atoms with Crippen LogP contribution in [-0.4, -0.2) is 42.2 Å². The van der Waals surface area contributed by atoms with Gasteiger partial charge in [-0.15, -0.1) is 0 Å². The van der Waals surface area contributed by atoms with Crippen molar-refractivity contribution in [1.29, 1.82) is 0 Å². The Morgan fingerprint density at radius 1 is 1.53 bits per heavy atom. The molecule has 1 atom stereocenters. The number of hydrogen-bond acceptors (Lipinski definition) is 3. The number of benzene rings is 1. The lowest BCUT2D eigenvalue weighted by Crippen LogP contribution is -2.42. The predicted molar refractivity (Wildman–Crippen MR) is 73.1 cm³/mol. The van der Waals surface area contributed by atoms with Crippen LogP contribution >= 0.6 is 0 Å². The number of ether oxygens (including phenoxy) is 1. The van der Waals surface area contributed by atoms with Crippen molar-refractivity contribution in [1.82, 2.24) is 4.90 Å².